The highest BCUT2D eigenvalue weighted by atomic mass is 19.4. The molecule has 0 amide bonds. The minimum absolute atomic E-state index is 0.0819. The number of alkyl halides is 6. The van der Waals surface area contributed by atoms with Gasteiger partial charge in [0.25, 0.3) is 0 Å². The van der Waals surface area contributed by atoms with E-state index in [1.54, 1.807) is 58.0 Å². The van der Waals surface area contributed by atoms with Gasteiger partial charge < -0.3 is 19.5 Å². The Labute approximate surface area is 233 Å². The largest absolute Gasteiger partial charge is 0.485 e. The van der Waals surface area contributed by atoms with Crippen LogP contribution in [0.3, 0.4) is 0 Å². The third kappa shape index (κ3) is 7.51. The highest BCUT2D eigenvalue weighted by molar-refractivity contribution is 5.54. The predicted octanol–water partition coefficient (Wildman–Crippen LogP) is 8.70. The quantitative estimate of drug-likeness (QED) is 0.269. The van der Waals surface area contributed by atoms with Crippen LogP contribution in [0, 0.1) is 5.82 Å². The van der Waals surface area contributed by atoms with E-state index in [1.165, 1.54) is 12.1 Å². The Morgan fingerprint density at radius 3 is 2.02 bits per heavy atom. The molecule has 0 fully saturated rings. The lowest BCUT2D eigenvalue weighted by atomic mass is 9.87. The lowest BCUT2D eigenvalue weighted by molar-refractivity contribution is -0.177. The van der Waals surface area contributed by atoms with Crippen LogP contribution in [0.4, 0.5) is 36.4 Å². The van der Waals surface area contributed by atoms with Crippen molar-refractivity contribution in [1.82, 2.24) is 0 Å². The van der Waals surface area contributed by atoms with Crippen molar-refractivity contribution in [3.8, 4) is 5.75 Å². The van der Waals surface area contributed by atoms with Crippen LogP contribution in [0.15, 0.2) is 60.7 Å². The normalized spacial score (nSPS) is 18.6. The van der Waals surface area contributed by atoms with Crippen LogP contribution in [0.1, 0.15) is 61.6 Å². The molecule has 4 rings (SSSR count). The fraction of sp³-hybridized carbons (Fsp3) is 0.400. The first-order valence-electron chi connectivity index (χ1n) is 12.9. The van der Waals surface area contributed by atoms with Gasteiger partial charge in [-0.3, -0.25) is 0 Å². The molecule has 3 aromatic carbocycles. The van der Waals surface area contributed by atoms with Gasteiger partial charge in [-0.2, -0.15) is 26.3 Å². The molecule has 4 nitrogen and oxygen atoms in total. The summed E-state index contributed by atoms with van der Waals surface area (Å²) in [5, 5.41) is 3.25. The van der Waals surface area contributed by atoms with Crippen molar-refractivity contribution < 1.29 is 44.9 Å². The van der Waals surface area contributed by atoms with Crippen molar-refractivity contribution in [1.29, 1.82) is 0 Å². The molecule has 11 heteroatoms. The maximum absolute atomic E-state index is 13.4. The van der Waals surface area contributed by atoms with Crippen LogP contribution in [-0.4, -0.2) is 17.8 Å². The van der Waals surface area contributed by atoms with Crippen molar-refractivity contribution in [2.24, 2.45) is 0 Å². The number of benzene rings is 3. The highest BCUT2D eigenvalue weighted by Crippen LogP contribution is 2.45. The number of fused-ring (bicyclic) bond motifs is 1. The average molecular weight is 586 g/mol. The van der Waals surface area contributed by atoms with Gasteiger partial charge in [-0.25, -0.2) is 4.39 Å². The van der Waals surface area contributed by atoms with Gasteiger partial charge in [-0.1, -0.05) is 12.1 Å². The number of hydrogen-bond donors (Lipinski definition) is 1. The smallest absolute Gasteiger partial charge is 0.416 e. The summed E-state index contributed by atoms with van der Waals surface area (Å²) < 4.78 is 112. The number of hydrogen-bond acceptors (Lipinski definition) is 4. The Balaban J connectivity index is 1.63. The molecule has 1 N–H and O–H groups in total. The Hall–Kier alpha value is -3.31. The number of ether oxygens (including phenoxy) is 3. The van der Waals surface area contributed by atoms with E-state index >= 15 is 0 Å². The molecule has 222 valence electrons. The summed E-state index contributed by atoms with van der Waals surface area (Å²) in [7, 11) is 0. The lowest BCUT2D eigenvalue weighted by Crippen LogP contribution is -2.51. The molecule has 0 spiro atoms. The topological polar surface area (TPSA) is 39.7 Å². The van der Waals surface area contributed by atoms with Gasteiger partial charge >= 0.3 is 12.4 Å². The molecule has 41 heavy (non-hydrogen) atoms. The summed E-state index contributed by atoms with van der Waals surface area (Å²) in [5.74, 6) is 0.160. The monoisotopic (exact) mass is 585 g/mol. The molecule has 0 saturated carbocycles. The molecule has 0 bridgehead atoms. The van der Waals surface area contributed by atoms with E-state index in [4.69, 9.17) is 14.2 Å². The molecule has 3 aromatic rings. The molecule has 0 aliphatic carbocycles. The first kappa shape index (κ1) is 30.6. The van der Waals surface area contributed by atoms with Crippen LogP contribution in [-0.2, 0) is 35.0 Å². The molecule has 2 unspecified atom stereocenters. The standard InChI is InChI=1S/C30H30F7NO3/c1-17(2)40-26-24-14-23(38-15-18-5-7-22(31)8-6-18)9-10-25(24)41-28(3,4)27(26)39-16-19-11-20(29(32,33)34)13-21(12-19)30(35,36)37/h5-14,17,26-27,38H,15-16H2,1-4H3. The van der Waals surface area contributed by atoms with E-state index in [9.17, 15) is 30.7 Å². The molecular formula is C30H30F7NO3. The Morgan fingerprint density at radius 1 is 0.854 bits per heavy atom. The van der Waals surface area contributed by atoms with Crippen LogP contribution in [0.25, 0.3) is 0 Å². The first-order chi connectivity index (χ1) is 19.0. The number of rotatable bonds is 8. The summed E-state index contributed by atoms with van der Waals surface area (Å²) in [4.78, 5) is 0. The van der Waals surface area contributed by atoms with Crippen molar-refractivity contribution in [2.45, 2.75) is 77.1 Å². The van der Waals surface area contributed by atoms with Crippen molar-refractivity contribution in [2.75, 3.05) is 5.32 Å². The number of nitrogens with one attached hydrogen (secondary N) is 1. The SMILES string of the molecule is CC(C)OC1c2cc(NCc3ccc(F)cc3)ccc2OC(C)(C)C1OCc1cc(C(F)(F)F)cc(C(F)(F)F)c1. The summed E-state index contributed by atoms with van der Waals surface area (Å²) in [6.45, 7) is 6.89. The van der Waals surface area contributed by atoms with Gasteiger partial charge in [0.2, 0.25) is 0 Å². The van der Waals surface area contributed by atoms with Crippen molar-refractivity contribution >= 4 is 5.69 Å². The first-order valence-corrected chi connectivity index (χ1v) is 12.9. The second kappa shape index (κ2) is 11.5. The molecule has 1 aliphatic heterocycles. The van der Waals surface area contributed by atoms with Gasteiger partial charge in [-0.15, -0.1) is 0 Å². The van der Waals surface area contributed by atoms with E-state index in [0.717, 1.165) is 5.56 Å². The van der Waals surface area contributed by atoms with E-state index in [-0.39, 0.29) is 23.6 Å². The minimum Gasteiger partial charge on any atom is -0.485 e. The third-order valence-corrected chi connectivity index (χ3v) is 6.56. The zero-order valence-electron chi connectivity index (χ0n) is 22.8. The number of halogens is 7. The van der Waals surface area contributed by atoms with Gasteiger partial charge in [-0.05, 0) is 87.4 Å². The Morgan fingerprint density at radius 2 is 1.46 bits per heavy atom. The van der Waals surface area contributed by atoms with Gasteiger partial charge in [0, 0.05) is 17.8 Å². The molecule has 2 atom stereocenters. The average Bonchev–Trinajstić information content (AvgIpc) is 2.86. The van der Waals surface area contributed by atoms with Crippen LogP contribution in [0.5, 0.6) is 5.75 Å². The summed E-state index contributed by atoms with van der Waals surface area (Å²) in [5.41, 5.74) is -2.02. The van der Waals surface area contributed by atoms with Crippen LogP contribution in [0.2, 0.25) is 0 Å². The maximum Gasteiger partial charge on any atom is 0.416 e. The summed E-state index contributed by atoms with van der Waals surface area (Å²) >= 11 is 0. The van der Waals surface area contributed by atoms with Crippen LogP contribution >= 0.6 is 0 Å². The van der Waals surface area contributed by atoms with Crippen LogP contribution < -0.4 is 10.1 Å². The zero-order chi connectivity index (χ0) is 30.2. The van der Waals surface area contributed by atoms with Crippen molar-refractivity contribution in [3.05, 3.63) is 94.3 Å². The maximum atomic E-state index is 13.4. The minimum atomic E-state index is -4.97. The van der Waals surface area contributed by atoms with E-state index < -0.39 is 47.9 Å². The third-order valence-electron chi connectivity index (χ3n) is 6.56. The molecule has 0 radical (unpaired) electrons. The molecule has 0 saturated heterocycles. The van der Waals surface area contributed by atoms with E-state index in [0.29, 0.717) is 35.7 Å². The molecule has 1 aliphatic rings. The van der Waals surface area contributed by atoms with Gasteiger partial charge in [0.15, 0.2) is 0 Å². The highest BCUT2D eigenvalue weighted by Gasteiger charge is 2.46. The molecular weight excluding hydrogens is 555 g/mol. The zero-order valence-corrected chi connectivity index (χ0v) is 22.8. The Bertz CT molecular complexity index is 1320. The van der Waals surface area contributed by atoms with E-state index in [1.807, 2.05) is 0 Å². The van der Waals surface area contributed by atoms with Gasteiger partial charge in [0.05, 0.1) is 23.8 Å². The lowest BCUT2D eigenvalue weighted by Gasteiger charge is -2.45. The fourth-order valence-corrected chi connectivity index (χ4v) is 4.66. The summed E-state index contributed by atoms with van der Waals surface area (Å²) in [6.07, 6.45) is -11.9. The van der Waals surface area contributed by atoms with E-state index in [2.05, 4.69) is 5.32 Å². The second-order valence-corrected chi connectivity index (χ2v) is 10.7. The fourth-order valence-electron chi connectivity index (χ4n) is 4.66. The number of anilines is 1. The Kier molecular flexibility index (Phi) is 8.61. The van der Waals surface area contributed by atoms with Gasteiger partial charge in [0.1, 0.15) is 29.4 Å². The molecule has 0 aromatic heterocycles. The summed E-state index contributed by atoms with van der Waals surface area (Å²) in [6, 6.07) is 12.7. The molecule has 1 heterocycles. The van der Waals surface area contributed by atoms with Crippen molar-refractivity contribution in [3.63, 3.8) is 0 Å². The second-order valence-electron chi connectivity index (χ2n) is 10.7. The predicted molar refractivity (Wildman–Crippen MR) is 139 cm³/mol.